The van der Waals surface area contributed by atoms with Crippen molar-refractivity contribution in [3.05, 3.63) is 40.4 Å². The Labute approximate surface area is 221 Å². The highest BCUT2D eigenvalue weighted by atomic mass is 32.1. The molecule has 0 aromatic carbocycles. The number of esters is 2. The molecule has 0 saturated heterocycles. The van der Waals surface area contributed by atoms with E-state index in [9.17, 15) is 19.8 Å². The number of carbonyl (C=O) groups excluding carboxylic acids is 2. The molecule has 1 aromatic rings. The fourth-order valence-corrected chi connectivity index (χ4v) is 8.38. The van der Waals surface area contributed by atoms with Gasteiger partial charge in [-0.05, 0) is 38.5 Å². The Kier molecular flexibility index (Phi) is 7.11. The number of ether oxygens (including phenoxy) is 3. The van der Waals surface area contributed by atoms with Crippen molar-refractivity contribution >= 4 is 23.3 Å². The highest BCUT2D eigenvalue weighted by Gasteiger charge is 2.67. The molecule has 2 fully saturated rings. The van der Waals surface area contributed by atoms with Crippen LogP contribution in [0.25, 0.3) is 0 Å². The van der Waals surface area contributed by atoms with E-state index in [2.05, 4.69) is 30.1 Å². The molecule has 202 valence electrons. The summed E-state index contributed by atoms with van der Waals surface area (Å²) in [4.78, 5) is 30.1. The van der Waals surface area contributed by atoms with Gasteiger partial charge in [-0.3, -0.25) is 0 Å². The number of nitrogens with zero attached hydrogens (tertiary/aromatic N) is 1. The molecule has 4 aliphatic rings. The third kappa shape index (κ3) is 4.18. The lowest BCUT2D eigenvalue weighted by atomic mass is 9.55. The van der Waals surface area contributed by atoms with E-state index in [1.807, 2.05) is 13.8 Å². The highest BCUT2D eigenvalue weighted by molar-refractivity contribution is 7.07. The molecule has 0 amide bonds. The van der Waals surface area contributed by atoms with E-state index in [1.54, 1.807) is 17.8 Å². The molecule has 4 bridgehead atoms. The molecule has 0 radical (unpaired) electrons. The van der Waals surface area contributed by atoms with E-state index < -0.39 is 47.9 Å². The zero-order valence-electron chi connectivity index (χ0n) is 21.9. The van der Waals surface area contributed by atoms with Crippen molar-refractivity contribution in [1.82, 2.24) is 4.98 Å². The molecule has 1 aromatic heterocycles. The Bertz CT molecular complexity index is 1080. The first kappa shape index (κ1) is 26.5. The van der Waals surface area contributed by atoms with Gasteiger partial charge in [0, 0.05) is 41.6 Å². The van der Waals surface area contributed by atoms with Gasteiger partial charge in [0.15, 0.2) is 11.8 Å². The zero-order valence-corrected chi connectivity index (χ0v) is 22.8. The van der Waals surface area contributed by atoms with Gasteiger partial charge in [0.2, 0.25) is 0 Å². The summed E-state index contributed by atoms with van der Waals surface area (Å²) < 4.78 is 17.4. The van der Waals surface area contributed by atoms with Crippen LogP contribution in [0.2, 0.25) is 0 Å². The lowest BCUT2D eigenvalue weighted by Gasteiger charge is -2.51. The predicted octanol–water partition coefficient (Wildman–Crippen LogP) is 3.40. The van der Waals surface area contributed by atoms with Crippen LogP contribution in [-0.2, 0) is 19.0 Å². The Hall–Kier alpha value is -2.07. The van der Waals surface area contributed by atoms with Gasteiger partial charge in [-0.25, -0.2) is 14.6 Å². The number of hydrogen-bond donors (Lipinski definition) is 2. The number of aliphatic hydroxyl groups excluding tert-OH is 2. The van der Waals surface area contributed by atoms with Crippen molar-refractivity contribution < 1.29 is 34.0 Å². The van der Waals surface area contributed by atoms with Crippen LogP contribution < -0.4 is 0 Å². The van der Waals surface area contributed by atoms with Gasteiger partial charge in [0.1, 0.15) is 12.2 Å². The summed E-state index contributed by atoms with van der Waals surface area (Å²) in [6.45, 7) is 7.62. The van der Waals surface area contributed by atoms with Gasteiger partial charge < -0.3 is 24.4 Å². The quantitative estimate of drug-likeness (QED) is 0.449. The van der Waals surface area contributed by atoms with Crippen molar-refractivity contribution in [3.63, 3.8) is 0 Å². The number of thiazole rings is 1. The van der Waals surface area contributed by atoms with Crippen molar-refractivity contribution in [2.45, 2.75) is 71.1 Å². The summed E-state index contributed by atoms with van der Waals surface area (Å²) in [5, 5.41) is 23.9. The minimum Gasteiger partial charge on any atom is -0.457 e. The fourth-order valence-electron chi connectivity index (χ4n) is 7.86. The minimum atomic E-state index is -0.852. The van der Waals surface area contributed by atoms with Gasteiger partial charge in [-0.2, -0.15) is 0 Å². The molecular weight excluding hydrogens is 494 g/mol. The lowest BCUT2D eigenvalue weighted by Crippen LogP contribution is -2.53. The van der Waals surface area contributed by atoms with Gasteiger partial charge >= 0.3 is 11.9 Å². The van der Waals surface area contributed by atoms with Crippen molar-refractivity contribution in [1.29, 1.82) is 0 Å². The predicted molar refractivity (Wildman–Crippen MR) is 137 cm³/mol. The SMILES string of the molecule is CO[C@H]1C[C@H]2C=C[C@H]3[C@H]4C[C@]2(/C(C)=C/[C@@H](C)[C@@H]([C@@H](C)O)OC1=O)[C@@H]3[C@H](O)[C@@H](C)[C@H]4OC(=O)c1cscn1. The number of aliphatic hydroxyl groups is 2. The second-order valence-electron chi connectivity index (χ2n) is 11.4. The van der Waals surface area contributed by atoms with Crippen LogP contribution in [0.15, 0.2) is 34.7 Å². The summed E-state index contributed by atoms with van der Waals surface area (Å²) in [5.41, 5.74) is 2.57. The van der Waals surface area contributed by atoms with Crippen LogP contribution in [0.5, 0.6) is 0 Å². The second-order valence-corrected chi connectivity index (χ2v) is 12.1. The molecular formula is C28H37NO7S. The summed E-state index contributed by atoms with van der Waals surface area (Å²) in [7, 11) is 1.50. The summed E-state index contributed by atoms with van der Waals surface area (Å²) >= 11 is 1.34. The number of methoxy groups -OCH3 is 1. The van der Waals surface area contributed by atoms with E-state index in [-0.39, 0.29) is 41.2 Å². The van der Waals surface area contributed by atoms with E-state index >= 15 is 0 Å². The Balaban J connectivity index is 1.58. The Morgan fingerprint density at radius 3 is 2.73 bits per heavy atom. The third-order valence-corrected chi connectivity index (χ3v) is 10.1. The molecule has 9 heteroatoms. The van der Waals surface area contributed by atoms with Gasteiger partial charge in [-0.15, -0.1) is 11.3 Å². The van der Waals surface area contributed by atoms with Gasteiger partial charge in [0.25, 0.3) is 0 Å². The molecule has 3 aliphatic carbocycles. The van der Waals surface area contributed by atoms with Crippen LogP contribution >= 0.6 is 11.3 Å². The van der Waals surface area contributed by atoms with Crippen LogP contribution in [0.1, 0.15) is 51.0 Å². The second kappa shape index (κ2) is 9.91. The Morgan fingerprint density at radius 1 is 1.32 bits per heavy atom. The average molecular weight is 532 g/mol. The third-order valence-electron chi connectivity index (χ3n) is 9.54. The maximum Gasteiger partial charge on any atom is 0.358 e. The molecule has 8 nitrogen and oxygen atoms in total. The average Bonchev–Trinajstić information content (AvgIpc) is 3.46. The zero-order chi connectivity index (χ0) is 26.6. The smallest absolute Gasteiger partial charge is 0.358 e. The molecule has 1 spiro atoms. The summed E-state index contributed by atoms with van der Waals surface area (Å²) in [5.74, 6) is -1.54. The Morgan fingerprint density at radius 2 is 2.08 bits per heavy atom. The number of rotatable bonds is 4. The standard InChI is InChI=1S/C28H37NO7S/c1-13-8-14(2)28-10-19-18(7-6-17(28)9-21(34-5)27(33)35-24(13)16(4)30)22(28)23(31)15(3)25(19)36-26(32)20-11-37-12-29-20/h6-8,11-13,15-19,21-25,30-31H,9-10H2,1-5H3/b14-8+/t13-,15-,16-,17-,18+,19-,21+,22+,23-,24+,25-,28-/m1/s1. The van der Waals surface area contributed by atoms with Gasteiger partial charge in [0.05, 0.1) is 17.7 Å². The van der Waals surface area contributed by atoms with Crippen LogP contribution in [-0.4, -0.2) is 64.8 Å². The molecule has 1 aliphatic heterocycles. The van der Waals surface area contributed by atoms with Crippen LogP contribution in [0.4, 0.5) is 0 Å². The number of hydrogen-bond acceptors (Lipinski definition) is 9. The monoisotopic (exact) mass is 531 g/mol. The lowest BCUT2D eigenvalue weighted by molar-refractivity contribution is -0.170. The van der Waals surface area contributed by atoms with Crippen molar-refractivity contribution in [2.24, 2.45) is 40.9 Å². The highest BCUT2D eigenvalue weighted by Crippen LogP contribution is 2.68. The van der Waals surface area contributed by atoms with Crippen molar-refractivity contribution in [3.8, 4) is 0 Å². The topological polar surface area (TPSA) is 115 Å². The van der Waals surface area contributed by atoms with Gasteiger partial charge in [-0.1, -0.05) is 37.6 Å². The number of aromatic nitrogens is 1. The maximum atomic E-state index is 13.1. The van der Waals surface area contributed by atoms with E-state index in [0.717, 1.165) is 12.0 Å². The van der Waals surface area contributed by atoms with Crippen LogP contribution in [0, 0.1) is 40.9 Å². The van der Waals surface area contributed by atoms with Crippen molar-refractivity contribution in [2.75, 3.05) is 7.11 Å². The molecule has 37 heavy (non-hydrogen) atoms. The van der Waals surface area contributed by atoms with Crippen LogP contribution in [0.3, 0.4) is 0 Å². The maximum absolute atomic E-state index is 13.1. The van der Waals surface area contributed by atoms with E-state index in [0.29, 0.717) is 6.42 Å². The molecule has 2 N–H and O–H groups in total. The molecule has 12 atom stereocenters. The molecule has 0 unspecified atom stereocenters. The molecule has 2 heterocycles. The fraction of sp³-hybridized carbons (Fsp3) is 0.679. The normalized spacial score (nSPS) is 45.3. The van der Waals surface area contributed by atoms with E-state index in [1.165, 1.54) is 18.4 Å². The number of cyclic esters (lactones) is 1. The summed E-state index contributed by atoms with van der Waals surface area (Å²) in [6.07, 6.45) is 4.03. The largest absolute Gasteiger partial charge is 0.457 e. The molecule has 2 saturated carbocycles. The molecule has 5 rings (SSSR count). The summed E-state index contributed by atoms with van der Waals surface area (Å²) in [6, 6.07) is 0. The minimum absolute atomic E-state index is 0.0225. The number of carbonyl (C=O) groups is 2. The first-order valence-corrected chi connectivity index (χ1v) is 14.1. The first-order chi connectivity index (χ1) is 17.6. The van der Waals surface area contributed by atoms with E-state index in [4.69, 9.17) is 14.2 Å². The first-order valence-electron chi connectivity index (χ1n) is 13.2. The number of allylic oxidation sites excluding steroid dienone is 3.